The van der Waals surface area contributed by atoms with Crippen LogP contribution in [-0.4, -0.2) is 128 Å². The lowest BCUT2D eigenvalue weighted by Crippen LogP contribution is -2.59. The molecule has 0 unspecified atom stereocenters. The smallest absolute Gasteiger partial charge is 0.258 e. The van der Waals surface area contributed by atoms with Crippen LogP contribution in [0.3, 0.4) is 0 Å². The van der Waals surface area contributed by atoms with E-state index in [2.05, 4.69) is 20.9 Å². The van der Waals surface area contributed by atoms with Gasteiger partial charge < -0.3 is 50.6 Å². The molecule has 2 fully saturated rings. The van der Waals surface area contributed by atoms with E-state index in [9.17, 15) is 28.7 Å². The summed E-state index contributed by atoms with van der Waals surface area (Å²) in [6, 6.07) is 3.29. The molecule has 4 rings (SSSR count). The van der Waals surface area contributed by atoms with Crippen molar-refractivity contribution >= 4 is 35.0 Å². The molecule has 0 spiro atoms. The van der Waals surface area contributed by atoms with Gasteiger partial charge >= 0.3 is 0 Å². The molecule has 53 heavy (non-hydrogen) atoms. The Morgan fingerprint density at radius 1 is 1.08 bits per heavy atom. The van der Waals surface area contributed by atoms with Crippen LogP contribution in [0, 0.1) is 12.3 Å². The molecule has 3 atom stereocenters. The molecule has 2 aliphatic rings. The van der Waals surface area contributed by atoms with Gasteiger partial charge in [0, 0.05) is 38.2 Å². The zero-order valence-corrected chi connectivity index (χ0v) is 31.7. The third kappa shape index (κ3) is 12.4. The molecule has 294 valence electrons. The first kappa shape index (κ1) is 42.0. The number of benzene rings is 1. The van der Waals surface area contributed by atoms with Crippen LogP contribution in [0.2, 0.25) is 0 Å². The molecule has 0 radical (unpaired) electrons. The standard InChI is InChI=1S/C36H53FN6O9S/c1-23-30(53-22-41-23)24-5-6-25(28(17-24)52-21-29(45)39-10-12-50-14-16-51-15-13-49-11-9-38)19-40-32(46)27-18-26(44)20-43(27)33(47)31(35(2,3)4)42-34(48)36(37)7-8-36/h5-6,17,22,26-27,31,44H,7-16,18-21,38H2,1-4H3,(H,39,45)(H,40,46)(H,42,48)/t26-,27+,31-/m1/s1. The van der Waals surface area contributed by atoms with E-state index in [1.54, 1.807) is 38.4 Å². The summed E-state index contributed by atoms with van der Waals surface area (Å²) in [7, 11) is 0. The van der Waals surface area contributed by atoms with Crippen LogP contribution < -0.4 is 26.4 Å². The Hall–Kier alpha value is -3.74. The molecule has 1 aromatic carbocycles. The van der Waals surface area contributed by atoms with Crippen molar-refractivity contribution in [1.82, 2.24) is 25.8 Å². The number of halogens is 1. The van der Waals surface area contributed by atoms with Crippen LogP contribution >= 0.6 is 11.3 Å². The second kappa shape index (κ2) is 19.5. The lowest BCUT2D eigenvalue weighted by Gasteiger charge is -2.35. The normalized spacial score (nSPS) is 18.4. The molecule has 1 aliphatic carbocycles. The number of amides is 4. The molecule has 0 bridgehead atoms. The van der Waals surface area contributed by atoms with E-state index in [0.29, 0.717) is 50.9 Å². The largest absolute Gasteiger partial charge is 0.483 e. The maximum atomic E-state index is 14.5. The Morgan fingerprint density at radius 3 is 2.38 bits per heavy atom. The van der Waals surface area contributed by atoms with Crippen LogP contribution in [0.1, 0.15) is 51.3 Å². The fraction of sp³-hybridized carbons (Fsp3) is 0.639. The number of nitrogens with one attached hydrogen (secondary N) is 3. The van der Waals surface area contributed by atoms with Gasteiger partial charge in [0.1, 0.15) is 17.8 Å². The summed E-state index contributed by atoms with van der Waals surface area (Å²) in [4.78, 5) is 59.1. The number of carbonyl (C=O) groups excluding carboxylic acids is 4. The highest BCUT2D eigenvalue weighted by Gasteiger charge is 2.53. The predicted molar refractivity (Wildman–Crippen MR) is 195 cm³/mol. The number of thiazole rings is 1. The van der Waals surface area contributed by atoms with Gasteiger partial charge in [0.25, 0.3) is 11.8 Å². The third-order valence-electron chi connectivity index (χ3n) is 8.81. The second-order valence-corrected chi connectivity index (χ2v) is 15.1. The minimum atomic E-state index is -1.98. The Balaban J connectivity index is 1.34. The first-order chi connectivity index (χ1) is 25.2. The van der Waals surface area contributed by atoms with E-state index in [-0.39, 0.29) is 58.0 Å². The summed E-state index contributed by atoms with van der Waals surface area (Å²) >= 11 is 1.46. The first-order valence-corrected chi connectivity index (χ1v) is 18.7. The number of ether oxygens (including phenoxy) is 4. The van der Waals surface area contributed by atoms with Crippen molar-refractivity contribution in [3.8, 4) is 16.2 Å². The van der Waals surface area contributed by atoms with Gasteiger partial charge in [-0.3, -0.25) is 19.2 Å². The summed E-state index contributed by atoms with van der Waals surface area (Å²) in [5, 5.41) is 18.7. The number of β-amino-alcohol motifs (C(OH)–C–C–N with tert-alkyl or cyclic N) is 1. The average Bonchev–Trinajstić information content (AvgIpc) is 3.52. The summed E-state index contributed by atoms with van der Waals surface area (Å²) in [5.74, 6) is -1.94. The molecular formula is C36H53FN6O9S. The van der Waals surface area contributed by atoms with Crippen molar-refractivity contribution in [2.75, 3.05) is 65.9 Å². The number of nitrogens with zero attached hydrogens (tertiary/aromatic N) is 2. The second-order valence-electron chi connectivity index (χ2n) is 14.2. The van der Waals surface area contributed by atoms with Gasteiger partial charge in [0.2, 0.25) is 11.8 Å². The zero-order valence-electron chi connectivity index (χ0n) is 30.9. The highest BCUT2D eigenvalue weighted by atomic mass is 32.1. The maximum absolute atomic E-state index is 14.5. The van der Waals surface area contributed by atoms with Crippen LogP contribution in [-0.2, 0) is 39.9 Å². The number of aliphatic hydroxyl groups excluding tert-OH is 1. The van der Waals surface area contributed by atoms with Crippen LogP contribution in [0.15, 0.2) is 23.7 Å². The van der Waals surface area contributed by atoms with Crippen molar-refractivity contribution in [1.29, 1.82) is 0 Å². The topological polar surface area (TPSA) is 204 Å². The number of hydrogen-bond acceptors (Lipinski definition) is 12. The van der Waals surface area contributed by atoms with E-state index in [1.165, 1.54) is 16.2 Å². The van der Waals surface area contributed by atoms with Gasteiger partial charge in [-0.2, -0.15) is 0 Å². The van der Waals surface area contributed by atoms with Crippen molar-refractivity contribution in [3.63, 3.8) is 0 Å². The number of aromatic nitrogens is 1. The molecule has 1 aromatic heterocycles. The number of rotatable bonds is 21. The highest BCUT2D eigenvalue weighted by Crippen LogP contribution is 2.40. The lowest BCUT2D eigenvalue weighted by atomic mass is 9.85. The molecule has 6 N–H and O–H groups in total. The fourth-order valence-electron chi connectivity index (χ4n) is 5.66. The Bertz CT molecular complexity index is 1550. The minimum absolute atomic E-state index is 0.00870. The molecule has 1 aliphatic heterocycles. The zero-order chi connectivity index (χ0) is 38.6. The summed E-state index contributed by atoms with van der Waals surface area (Å²) in [5.41, 5.74) is 6.54. The van der Waals surface area contributed by atoms with Gasteiger partial charge in [-0.25, -0.2) is 9.37 Å². The summed E-state index contributed by atoms with van der Waals surface area (Å²) < 4.78 is 36.6. The number of alkyl halides is 1. The number of aryl methyl sites for hydroxylation is 1. The molecule has 2 heterocycles. The number of nitrogens with two attached hydrogens (primary N) is 1. The monoisotopic (exact) mass is 764 g/mol. The quantitative estimate of drug-likeness (QED) is 0.115. The third-order valence-corrected chi connectivity index (χ3v) is 9.79. The van der Waals surface area contributed by atoms with Gasteiger partial charge in [0.05, 0.1) is 61.8 Å². The van der Waals surface area contributed by atoms with E-state index < -0.39 is 47.0 Å². The molecule has 2 aromatic rings. The average molecular weight is 765 g/mol. The lowest BCUT2D eigenvalue weighted by molar-refractivity contribution is -0.145. The number of hydrogen-bond donors (Lipinski definition) is 5. The summed E-state index contributed by atoms with van der Waals surface area (Å²) in [6.07, 6.45) is -0.787. The van der Waals surface area contributed by atoms with E-state index >= 15 is 0 Å². The Labute approximate surface area is 313 Å². The van der Waals surface area contributed by atoms with Crippen LogP contribution in [0.5, 0.6) is 5.75 Å². The van der Waals surface area contributed by atoms with Crippen LogP contribution in [0.4, 0.5) is 4.39 Å². The number of carbonyl (C=O) groups is 4. The maximum Gasteiger partial charge on any atom is 0.258 e. The van der Waals surface area contributed by atoms with Gasteiger partial charge in [-0.05, 0) is 36.8 Å². The SMILES string of the molecule is Cc1ncsc1-c1ccc(CNC(=O)[C@@H]2C[C@@H](O)CN2C(=O)[C@@H](NC(=O)C2(F)CC2)C(C)(C)C)c(OCC(=O)NCCOCCOCCOCCN)c1. The van der Waals surface area contributed by atoms with Crippen molar-refractivity contribution in [3.05, 3.63) is 35.0 Å². The number of likely N-dealkylation sites (tertiary alicyclic amines) is 1. The van der Waals surface area contributed by atoms with Crippen molar-refractivity contribution in [2.24, 2.45) is 11.1 Å². The fourth-order valence-corrected chi connectivity index (χ4v) is 6.46. The summed E-state index contributed by atoms with van der Waals surface area (Å²) in [6.45, 7) is 9.84. The van der Waals surface area contributed by atoms with Gasteiger partial charge in [0.15, 0.2) is 12.3 Å². The first-order valence-electron chi connectivity index (χ1n) is 17.9. The predicted octanol–water partition coefficient (Wildman–Crippen LogP) is 1.23. The van der Waals surface area contributed by atoms with Gasteiger partial charge in [-0.15, -0.1) is 11.3 Å². The minimum Gasteiger partial charge on any atom is -0.483 e. The number of aliphatic hydroxyl groups is 1. The van der Waals surface area contributed by atoms with Gasteiger partial charge in [-0.1, -0.05) is 32.9 Å². The van der Waals surface area contributed by atoms with E-state index in [0.717, 1.165) is 16.1 Å². The molecule has 17 heteroatoms. The Morgan fingerprint density at radius 2 is 1.75 bits per heavy atom. The molecule has 1 saturated heterocycles. The van der Waals surface area contributed by atoms with Crippen molar-refractivity contribution in [2.45, 2.75) is 77.4 Å². The highest BCUT2D eigenvalue weighted by molar-refractivity contribution is 7.13. The van der Waals surface area contributed by atoms with E-state index in [1.807, 2.05) is 13.0 Å². The molecule has 1 saturated carbocycles. The molecule has 4 amide bonds. The van der Waals surface area contributed by atoms with Crippen molar-refractivity contribution < 1.29 is 47.6 Å². The molecular weight excluding hydrogens is 711 g/mol. The Kier molecular flexibility index (Phi) is 15.5. The van der Waals surface area contributed by atoms with Crippen LogP contribution in [0.25, 0.3) is 10.4 Å². The van der Waals surface area contributed by atoms with E-state index in [4.69, 9.17) is 24.7 Å². The molecule has 15 nitrogen and oxygen atoms in total.